The highest BCUT2D eigenvalue weighted by molar-refractivity contribution is 6.04. The molecule has 1 amide bonds. The van der Waals surface area contributed by atoms with Gasteiger partial charge in [0.2, 0.25) is 0 Å². The molecule has 3 N–H and O–H groups in total. The van der Waals surface area contributed by atoms with E-state index in [1.54, 1.807) is 31.2 Å². The molecule has 0 aliphatic rings. The molecular formula is C15H14N2O4. The number of H-pyrrole nitrogens is 1. The zero-order chi connectivity index (χ0) is 15.4. The molecule has 0 spiro atoms. The van der Waals surface area contributed by atoms with Crippen molar-refractivity contribution in [2.45, 2.75) is 13.3 Å². The van der Waals surface area contributed by atoms with Gasteiger partial charge in [0.15, 0.2) is 5.43 Å². The smallest absolute Gasteiger partial charge is 0.307 e. The van der Waals surface area contributed by atoms with Gasteiger partial charge in [0.25, 0.3) is 5.91 Å². The lowest BCUT2D eigenvalue weighted by Gasteiger charge is -2.06. The van der Waals surface area contributed by atoms with Crippen molar-refractivity contribution in [3.63, 3.8) is 0 Å². The standard InChI is InChI=1S/C15H14N2O4/c1-9-5-13(18)12(8-16-9)15(21)17-11-4-2-3-10(6-11)7-14(19)20/h2-6,8H,7H2,1H3,(H,16,18)(H,17,21)(H,19,20). The van der Waals surface area contributed by atoms with E-state index in [0.29, 0.717) is 16.9 Å². The quantitative estimate of drug-likeness (QED) is 0.794. The number of aryl methyl sites for hydroxylation is 1. The molecule has 0 bridgehead atoms. The molecule has 0 atom stereocenters. The summed E-state index contributed by atoms with van der Waals surface area (Å²) in [5.41, 5.74) is 1.31. The van der Waals surface area contributed by atoms with Gasteiger partial charge in [-0.15, -0.1) is 0 Å². The highest BCUT2D eigenvalue weighted by atomic mass is 16.4. The number of pyridine rings is 1. The van der Waals surface area contributed by atoms with Gasteiger partial charge >= 0.3 is 5.97 Å². The van der Waals surface area contributed by atoms with Gasteiger partial charge in [-0.3, -0.25) is 14.4 Å². The Morgan fingerprint density at radius 3 is 2.71 bits per heavy atom. The summed E-state index contributed by atoms with van der Waals surface area (Å²) in [7, 11) is 0. The summed E-state index contributed by atoms with van der Waals surface area (Å²) < 4.78 is 0. The topological polar surface area (TPSA) is 99.3 Å². The van der Waals surface area contributed by atoms with Crippen LogP contribution >= 0.6 is 0 Å². The average molecular weight is 286 g/mol. The molecule has 2 rings (SSSR count). The van der Waals surface area contributed by atoms with Crippen molar-refractivity contribution in [2.24, 2.45) is 0 Å². The number of benzene rings is 1. The number of nitrogens with one attached hydrogen (secondary N) is 2. The number of carbonyl (C=O) groups is 2. The Bertz CT molecular complexity index is 749. The second-order valence-electron chi connectivity index (χ2n) is 4.62. The predicted octanol–water partition coefficient (Wildman–Crippen LogP) is 1.56. The molecule has 0 radical (unpaired) electrons. The molecule has 6 nitrogen and oxygen atoms in total. The van der Waals surface area contributed by atoms with Gasteiger partial charge in [0.05, 0.1) is 6.42 Å². The molecule has 108 valence electrons. The third-order valence-corrected chi connectivity index (χ3v) is 2.84. The number of carboxylic acid groups (broad SMARTS) is 1. The van der Waals surface area contributed by atoms with Crippen molar-refractivity contribution in [1.29, 1.82) is 0 Å². The number of aromatic amines is 1. The Hall–Kier alpha value is -2.89. The average Bonchev–Trinajstić information content (AvgIpc) is 2.37. The normalized spacial score (nSPS) is 10.1. The molecule has 1 aromatic carbocycles. The second-order valence-corrected chi connectivity index (χ2v) is 4.62. The predicted molar refractivity (Wildman–Crippen MR) is 77.5 cm³/mol. The Balaban J connectivity index is 2.19. The summed E-state index contributed by atoms with van der Waals surface area (Å²) in [6, 6.07) is 7.84. The number of anilines is 1. The van der Waals surface area contributed by atoms with Crippen molar-refractivity contribution >= 4 is 17.6 Å². The van der Waals surface area contributed by atoms with E-state index in [9.17, 15) is 14.4 Å². The highest BCUT2D eigenvalue weighted by Crippen LogP contribution is 2.12. The van der Waals surface area contributed by atoms with E-state index >= 15 is 0 Å². The highest BCUT2D eigenvalue weighted by Gasteiger charge is 2.11. The molecule has 1 aromatic heterocycles. The molecule has 0 aliphatic heterocycles. The molecule has 6 heteroatoms. The number of rotatable bonds is 4. The summed E-state index contributed by atoms with van der Waals surface area (Å²) >= 11 is 0. The van der Waals surface area contributed by atoms with E-state index in [1.807, 2.05) is 0 Å². The maximum Gasteiger partial charge on any atom is 0.307 e. The van der Waals surface area contributed by atoms with E-state index in [4.69, 9.17) is 5.11 Å². The lowest BCUT2D eigenvalue weighted by atomic mass is 10.1. The van der Waals surface area contributed by atoms with Gasteiger partial charge in [-0.25, -0.2) is 0 Å². The Morgan fingerprint density at radius 2 is 2.05 bits per heavy atom. The van der Waals surface area contributed by atoms with E-state index < -0.39 is 11.9 Å². The van der Waals surface area contributed by atoms with Crippen LogP contribution in [0, 0.1) is 6.92 Å². The minimum atomic E-state index is -0.951. The molecule has 0 saturated heterocycles. The molecule has 2 aromatic rings. The Kier molecular flexibility index (Phi) is 4.18. The number of hydrogen-bond donors (Lipinski definition) is 3. The summed E-state index contributed by atoms with van der Waals surface area (Å²) in [4.78, 5) is 37.2. The van der Waals surface area contributed by atoms with Crippen molar-refractivity contribution in [3.8, 4) is 0 Å². The third-order valence-electron chi connectivity index (χ3n) is 2.84. The maximum absolute atomic E-state index is 12.0. The van der Waals surface area contributed by atoms with E-state index in [2.05, 4.69) is 10.3 Å². The van der Waals surface area contributed by atoms with Gasteiger partial charge < -0.3 is 15.4 Å². The zero-order valence-electron chi connectivity index (χ0n) is 11.3. The van der Waals surface area contributed by atoms with Gasteiger partial charge in [-0.05, 0) is 24.6 Å². The summed E-state index contributed by atoms with van der Waals surface area (Å²) in [5.74, 6) is -1.49. The number of amides is 1. The minimum absolute atomic E-state index is 0.00392. The van der Waals surface area contributed by atoms with Crippen LogP contribution in [0.15, 0.2) is 41.3 Å². The van der Waals surface area contributed by atoms with Crippen LogP contribution in [0.1, 0.15) is 21.6 Å². The Labute approximate surface area is 120 Å². The Morgan fingerprint density at radius 1 is 1.29 bits per heavy atom. The third kappa shape index (κ3) is 3.79. The number of aromatic nitrogens is 1. The maximum atomic E-state index is 12.0. The largest absolute Gasteiger partial charge is 0.481 e. The molecular weight excluding hydrogens is 272 g/mol. The second kappa shape index (κ2) is 6.04. The van der Waals surface area contributed by atoms with E-state index in [-0.39, 0.29) is 17.4 Å². The SMILES string of the molecule is Cc1cc(=O)c(C(=O)Nc2cccc(CC(=O)O)c2)c[nH]1. The first kappa shape index (κ1) is 14.5. The zero-order valence-corrected chi connectivity index (χ0v) is 11.3. The molecule has 0 aliphatic carbocycles. The molecule has 21 heavy (non-hydrogen) atoms. The number of aliphatic carboxylic acids is 1. The van der Waals surface area contributed by atoms with Gasteiger partial charge in [0.1, 0.15) is 5.56 Å². The fourth-order valence-electron chi connectivity index (χ4n) is 1.88. The van der Waals surface area contributed by atoms with E-state index in [1.165, 1.54) is 12.3 Å². The first-order valence-corrected chi connectivity index (χ1v) is 6.27. The lowest BCUT2D eigenvalue weighted by molar-refractivity contribution is -0.136. The van der Waals surface area contributed by atoms with Crippen LogP contribution in [0.2, 0.25) is 0 Å². The summed E-state index contributed by atoms with van der Waals surface area (Å²) in [5, 5.41) is 11.3. The van der Waals surface area contributed by atoms with E-state index in [0.717, 1.165) is 0 Å². The lowest BCUT2D eigenvalue weighted by Crippen LogP contribution is -2.21. The molecule has 1 heterocycles. The fourth-order valence-corrected chi connectivity index (χ4v) is 1.88. The van der Waals surface area contributed by atoms with Crippen LogP contribution in [-0.2, 0) is 11.2 Å². The molecule has 0 fully saturated rings. The number of carbonyl (C=O) groups excluding carboxylic acids is 1. The van der Waals surface area contributed by atoms with Crippen LogP contribution in [0.3, 0.4) is 0 Å². The number of hydrogen-bond acceptors (Lipinski definition) is 3. The summed E-state index contributed by atoms with van der Waals surface area (Å²) in [6.07, 6.45) is 1.23. The molecule has 0 unspecified atom stereocenters. The van der Waals surface area contributed by atoms with Crippen molar-refractivity contribution in [3.05, 3.63) is 63.6 Å². The number of carboxylic acids is 1. The van der Waals surface area contributed by atoms with Crippen molar-refractivity contribution < 1.29 is 14.7 Å². The minimum Gasteiger partial charge on any atom is -0.481 e. The van der Waals surface area contributed by atoms with Gasteiger partial charge in [0, 0.05) is 23.6 Å². The van der Waals surface area contributed by atoms with Crippen LogP contribution in [0.4, 0.5) is 5.69 Å². The monoisotopic (exact) mass is 286 g/mol. The van der Waals surface area contributed by atoms with Crippen LogP contribution in [0.5, 0.6) is 0 Å². The fraction of sp³-hybridized carbons (Fsp3) is 0.133. The van der Waals surface area contributed by atoms with Gasteiger partial charge in [-0.1, -0.05) is 12.1 Å². The molecule has 0 saturated carbocycles. The van der Waals surface area contributed by atoms with Gasteiger partial charge in [-0.2, -0.15) is 0 Å². The first-order chi connectivity index (χ1) is 9.95. The first-order valence-electron chi connectivity index (χ1n) is 6.27. The van der Waals surface area contributed by atoms with Crippen LogP contribution in [-0.4, -0.2) is 22.0 Å². The van der Waals surface area contributed by atoms with Crippen molar-refractivity contribution in [2.75, 3.05) is 5.32 Å². The van der Waals surface area contributed by atoms with Crippen LogP contribution in [0.25, 0.3) is 0 Å². The van der Waals surface area contributed by atoms with Crippen molar-refractivity contribution in [1.82, 2.24) is 4.98 Å². The summed E-state index contributed by atoms with van der Waals surface area (Å²) in [6.45, 7) is 1.72. The van der Waals surface area contributed by atoms with Crippen LogP contribution < -0.4 is 10.7 Å².